The maximum atomic E-state index is 13.1. The minimum Gasteiger partial charge on any atom is -0.217 e. The summed E-state index contributed by atoms with van der Waals surface area (Å²) in [6, 6.07) is 4.29. The van der Waals surface area contributed by atoms with Crippen molar-refractivity contribution < 1.29 is 13.2 Å². The van der Waals surface area contributed by atoms with E-state index in [2.05, 4.69) is 26.0 Å². The maximum absolute atomic E-state index is 13.1. The van der Waals surface area contributed by atoms with E-state index in [4.69, 9.17) is 0 Å². The van der Waals surface area contributed by atoms with Crippen molar-refractivity contribution in [2.45, 2.75) is 20.0 Å². The standard InChI is InChI=1S/C13H9BrF3N3S/c1-6-5-7(2)20(19-6)12-18-10-9(14)4-3-8(11(10)21-12)13(15,16)17/h3-5H,1-2H3. The van der Waals surface area contributed by atoms with Gasteiger partial charge in [-0.3, -0.25) is 0 Å². The van der Waals surface area contributed by atoms with Gasteiger partial charge in [0.25, 0.3) is 0 Å². The number of halogens is 4. The average molecular weight is 376 g/mol. The fourth-order valence-corrected chi connectivity index (χ4v) is 3.79. The molecule has 0 aliphatic carbocycles. The van der Waals surface area contributed by atoms with E-state index in [0.717, 1.165) is 28.8 Å². The lowest BCUT2D eigenvalue weighted by molar-refractivity contribution is -0.136. The summed E-state index contributed by atoms with van der Waals surface area (Å²) in [4.78, 5) is 4.30. The van der Waals surface area contributed by atoms with Crippen molar-refractivity contribution in [2.24, 2.45) is 0 Å². The molecular weight excluding hydrogens is 367 g/mol. The number of aryl methyl sites for hydroxylation is 2. The van der Waals surface area contributed by atoms with Crippen LogP contribution in [0, 0.1) is 13.8 Å². The van der Waals surface area contributed by atoms with Crippen LogP contribution < -0.4 is 0 Å². The predicted octanol–water partition coefficient (Wildman–Crippen LogP) is 4.88. The zero-order valence-electron chi connectivity index (χ0n) is 11.0. The quantitative estimate of drug-likeness (QED) is 0.606. The number of thiazole rings is 1. The molecule has 0 unspecified atom stereocenters. The molecule has 1 aromatic carbocycles. The second-order valence-electron chi connectivity index (χ2n) is 4.61. The first-order chi connectivity index (χ1) is 9.77. The van der Waals surface area contributed by atoms with Crippen LogP contribution in [0.4, 0.5) is 13.2 Å². The van der Waals surface area contributed by atoms with Gasteiger partial charge in [0.2, 0.25) is 5.13 Å². The maximum Gasteiger partial charge on any atom is 0.417 e. The molecule has 2 aromatic heterocycles. The highest BCUT2D eigenvalue weighted by molar-refractivity contribution is 9.10. The van der Waals surface area contributed by atoms with Gasteiger partial charge in [0, 0.05) is 10.2 Å². The SMILES string of the molecule is Cc1cc(C)n(-c2nc3c(Br)ccc(C(F)(F)F)c3s2)n1. The second-order valence-corrected chi connectivity index (χ2v) is 6.44. The minimum atomic E-state index is -4.40. The molecule has 110 valence electrons. The van der Waals surface area contributed by atoms with E-state index in [0.29, 0.717) is 15.1 Å². The summed E-state index contributed by atoms with van der Waals surface area (Å²) in [5.41, 5.74) is 1.25. The van der Waals surface area contributed by atoms with Crippen LogP contribution in [0.3, 0.4) is 0 Å². The topological polar surface area (TPSA) is 30.7 Å². The van der Waals surface area contributed by atoms with E-state index >= 15 is 0 Å². The van der Waals surface area contributed by atoms with E-state index in [-0.39, 0.29) is 4.70 Å². The highest BCUT2D eigenvalue weighted by Gasteiger charge is 2.34. The Kier molecular flexibility index (Phi) is 3.32. The molecule has 2 heterocycles. The highest BCUT2D eigenvalue weighted by Crippen LogP contribution is 2.40. The van der Waals surface area contributed by atoms with Crippen molar-refractivity contribution in [1.82, 2.24) is 14.8 Å². The Labute approximate surface area is 130 Å². The second kappa shape index (κ2) is 4.81. The van der Waals surface area contributed by atoms with Crippen LogP contribution in [0.2, 0.25) is 0 Å². The molecule has 0 saturated carbocycles. The molecule has 0 aliphatic heterocycles. The molecule has 0 saturated heterocycles. The van der Waals surface area contributed by atoms with Crippen molar-refractivity contribution >= 4 is 37.5 Å². The third kappa shape index (κ3) is 2.46. The van der Waals surface area contributed by atoms with Crippen molar-refractivity contribution in [1.29, 1.82) is 0 Å². The molecule has 0 amide bonds. The van der Waals surface area contributed by atoms with Gasteiger partial charge < -0.3 is 0 Å². The molecule has 0 aliphatic rings. The van der Waals surface area contributed by atoms with Crippen LogP contribution in [0.25, 0.3) is 15.3 Å². The fourth-order valence-electron chi connectivity index (χ4n) is 2.10. The van der Waals surface area contributed by atoms with Crippen LogP contribution in [0.15, 0.2) is 22.7 Å². The smallest absolute Gasteiger partial charge is 0.217 e. The van der Waals surface area contributed by atoms with Crippen molar-refractivity contribution in [3.8, 4) is 5.13 Å². The zero-order valence-corrected chi connectivity index (χ0v) is 13.4. The van der Waals surface area contributed by atoms with Crippen LogP contribution >= 0.6 is 27.3 Å². The predicted molar refractivity (Wildman–Crippen MR) is 78.9 cm³/mol. The summed E-state index contributed by atoms with van der Waals surface area (Å²) in [5.74, 6) is 0. The molecule has 3 nitrogen and oxygen atoms in total. The molecule has 0 radical (unpaired) electrons. The van der Waals surface area contributed by atoms with Gasteiger partial charge in [0.1, 0.15) is 0 Å². The molecule has 0 bridgehead atoms. The van der Waals surface area contributed by atoms with Crippen molar-refractivity contribution in [2.75, 3.05) is 0 Å². The van der Waals surface area contributed by atoms with E-state index < -0.39 is 11.7 Å². The fraction of sp³-hybridized carbons (Fsp3) is 0.231. The Balaban J connectivity index is 2.29. The number of benzene rings is 1. The summed E-state index contributed by atoms with van der Waals surface area (Å²) >= 11 is 4.24. The number of nitrogens with zero attached hydrogens (tertiary/aromatic N) is 3. The van der Waals surface area contributed by atoms with Crippen LogP contribution in [0.5, 0.6) is 0 Å². The highest BCUT2D eigenvalue weighted by atomic mass is 79.9. The van der Waals surface area contributed by atoms with Crippen LogP contribution in [-0.2, 0) is 6.18 Å². The normalized spacial score (nSPS) is 12.3. The lowest BCUT2D eigenvalue weighted by Crippen LogP contribution is -2.04. The van der Waals surface area contributed by atoms with Gasteiger partial charge in [0.05, 0.1) is 21.5 Å². The Bertz CT molecular complexity index is 835. The zero-order chi connectivity index (χ0) is 15.4. The first kappa shape index (κ1) is 14.5. The van der Waals surface area contributed by atoms with Crippen LogP contribution in [-0.4, -0.2) is 14.8 Å². The lowest BCUT2D eigenvalue weighted by atomic mass is 10.2. The largest absolute Gasteiger partial charge is 0.417 e. The van der Waals surface area contributed by atoms with Gasteiger partial charge in [-0.25, -0.2) is 9.67 Å². The van der Waals surface area contributed by atoms with Crippen LogP contribution in [0.1, 0.15) is 17.0 Å². The Morgan fingerprint density at radius 3 is 2.52 bits per heavy atom. The van der Waals surface area contributed by atoms with Crippen molar-refractivity contribution in [3.05, 3.63) is 39.6 Å². The van der Waals surface area contributed by atoms with Gasteiger partial charge >= 0.3 is 6.18 Å². The number of aromatic nitrogens is 3. The number of alkyl halides is 3. The van der Waals surface area contributed by atoms with Crippen molar-refractivity contribution in [3.63, 3.8) is 0 Å². The molecular formula is C13H9BrF3N3S. The molecule has 3 rings (SSSR count). The molecule has 8 heteroatoms. The molecule has 0 spiro atoms. The Hall–Kier alpha value is -1.41. The Morgan fingerprint density at radius 1 is 1.24 bits per heavy atom. The first-order valence-electron chi connectivity index (χ1n) is 5.97. The number of rotatable bonds is 1. The minimum absolute atomic E-state index is 0.111. The monoisotopic (exact) mass is 375 g/mol. The van der Waals surface area contributed by atoms with E-state index in [1.807, 2.05) is 19.9 Å². The lowest BCUT2D eigenvalue weighted by Gasteiger charge is -2.07. The summed E-state index contributed by atoms with van der Waals surface area (Å²) < 4.78 is 41.5. The summed E-state index contributed by atoms with van der Waals surface area (Å²) in [6.45, 7) is 3.67. The van der Waals surface area contributed by atoms with E-state index in [1.54, 1.807) is 4.68 Å². The third-order valence-corrected chi connectivity index (χ3v) is 4.68. The average Bonchev–Trinajstić information content (AvgIpc) is 2.92. The molecule has 0 fully saturated rings. The summed E-state index contributed by atoms with van der Waals surface area (Å²) in [7, 11) is 0. The third-order valence-electron chi connectivity index (χ3n) is 2.98. The van der Waals surface area contributed by atoms with Gasteiger partial charge in [-0.15, -0.1) is 0 Å². The van der Waals surface area contributed by atoms with Gasteiger partial charge in [-0.1, -0.05) is 11.3 Å². The number of hydrogen-bond acceptors (Lipinski definition) is 3. The van der Waals surface area contributed by atoms with E-state index in [9.17, 15) is 13.2 Å². The number of hydrogen-bond donors (Lipinski definition) is 0. The van der Waals surface area contributed by atoms with Gasteiger partial charge in [-0.2, -0.15) is 18.3 Å². The van der Waals surface area contributed by atoms with Gasteiger partial charge in [0.15, 0.2) is 0 Å². The molecule has 3 aromatic rings. The van der Waals surface area contributed by atoms with E-state index in [1.165, 1.54) is 6.07 Å². The molecule has 0 N–H and O–H groups in total. The number of fused-ring (bicyclic) bond motifs is 1. The summed E-state index contributed by atoms with van der Waals surface area (Å²) in [5, 5.41) is 4.69. The molecule has 21 heavy (non-hydrogen) atoms. The van der Waals surface area contributed by atoms with Gasteiger partial charge in [-0.05, 0) is 48.0 Å². The Morgan fingerprint density at radius 2 is 1.95 bits per heavy atom. The summed E-state index contributed by atoms with van der Waals surface area (Å²) in [6.07, 6.45) is -4.40. The molecule has 0 atom stereocenters. The first-order valence-corrected chi connectivity index (χ1v) is 7.58.